The molecule has 10 nitrogen and oxygen atoms in total. The van der Waals surface area contributed by atoms with Gasteiger partial charge in [-0.05, 0) is 50.7 Å². The van der Waals surface area contributed by atoms with Gasteiger partial charge in [-0.2, -0.15) is 4.68 Å². The quantitative estimate of drug-likeness (QED) is 0.327. The van der Waals surface area contributed by atoms with Crippen LogP contribution in [0.4, 0.5) is 0 Å². The second-order valence-corrected chi connectivity index (χ2v) is 7.13. The van der Waals surface area contributed by atoms with Gasteiger partial charge in [0.05, 0.1) is 5.69 Å². The highest BCUT2D eigenvalue weighted by Crippen LogP contribution is 2.22. The van der Waals surface area contributed by atoms with Gasteiger partial charge in [0.1, 0.15) is 5.75 Å². The van der Waals surface area contributed by atoms with E-state index in [-0.39, 0.29) is 0 Å². The molecule has 0 saturated carbocycles. The molecule has 11 heteroatoms. The third-order valence-electron chi connectivity index (χ3n) is 3.97. The summed E-state index contributed by atoms with van der Waals surface area (Å²) < 4.78 is 9.12. The lowest BCUT2D eigenvalue weighted by atomic mass is 10.2. The van der Waals surface area contributed by atoms with Crippen molar-refractivity contribution in [1.82, 2.24) is 45.7 Å². The average Bonchev–Trinajstić information content (AvgIpc) is 3.38. The number of thioether (sulfide) groups is 1. The van der Waals surface area contributed by atoms with Crippen molar-refractivity contribution in [3.8, 4) is 17.4 Å². The number of rotatable bonds is 9. The van der Waals surface area contributed by atoms with Gasteiger partial charge in [-0.15, -0.1) is 5.10 Å². The van der Waals surface area contributed by atoms with Crippen molar-refractivity contribution in [3.05, 3.63) is 60.2 Å². The molecule has 2 aromatic carbocycles. The van der Waals surface area contributed by atoms with Crippen molar-refractivity contribution in [2.75, 3.05) is 12.3 Å². The van der Waals surface area contributed by atoms with Crippen LogP contribution in [-0.2, 0) is 13.6 Å². The number of aromatic nitrogens is 8. The average molecular weight is 409 g/mol. The van der Waals surface area contributed by atoms with E-state index in [1.807, 2.05) is 61.6 Å². The summed E-state index contributed by atoms with van der Waals surface area (Å²) in [7, 11) is 1.83. The SMILES string of the molecule is Cn1nnnc1SCCNCc1cccc(Oc2nnnn2-c2ccccc2)c1. The molecule has 2 heterocycles. The lowest BCUT2D eigenvalue weighted by molar-refractivity contribution is 0.426. The first-order valence-electron chi connectivity index (χ1n) is 8.96. The summed E-state index contributed by atoms with van der Waals surface area (Å²) in [6.07, 6.45) is 0. The Morgan fingerprint density at radius 2 is 1.86 bits per heavy atom. The number of nitrogens with one attached hydrogen (secondary N) is 1. The van der Waals surface area contributed by atoms with Crippen molar-refractivity contribution in [3.63, 3.8) is 0 Å². The summed E-state index contributed by atoms with van der Waals surface area (Å²) in [4.78, 5) is 0. The lowest BCUT2D eigenvalue weighted by Crippen LogP contribution is -2.16. The Labute approximate surface area is 171 Å². The van der Waals surface area contributed by atoms with Gasteiger partial charge >= 0.3 is 6.01 Å². The van der Waals surface area contributed by atoms with Gasteiger partial charge in [0.15, 0.2) is 0 Å². The number of hydrogen-bond acceptors (Lipinski definition) is 9. The van der Waals surface area contributed by atoms with Gasteiger partial charge in [0.25, 0.3) is 0 Å². The second-order valence-electron chi connectivity index (χ2n) is 6.07. The predicted molar refractivity (Wildman–Crippen MR) is 107 cm³/mol. The summed E-state index contributed by atoms with van der Waals surface area (Å²) in [6, 6.07) is 17.8. The molecule has 0 spiro atoms. The van der Waals surface area contributed by atoms with Crippen LogP contribution < -0.4 is 10.1 Å². The first-order valence-corrected chi connectivity index (χ1v) is 9.94. The summed E-state index contributed by atoms with van der Waals surface area (Å²) >= 11 is 1.61. The maximum absolute atomic E-state index is 5.90. The Morgan fingerprint density at radius 3 is 2.69 bits per heavy atom. The van der Waals surface area contributed by atoms with Crippen LogP contribution in [0.2, 0.25) is 0 Å². The number of hydrogen-bond donors (Lipinski definition) is 1. The Hall–Kier alpha value is -3.31. The minimum Gasteiger partial charge on any atom is -0.423 e. The number of para-hydroxylation sites is 1. The number of ether oxygens (including phenoxy) is 1. The zero-order chi connectivity index (χ0) is 19.9. The molecule has 0 bridgehead atoms. The summed E-state index contributed by atoms with van der Waals surface area (Å²) in [5.74, 6) is 1.55. The molecule has 0 saturated heterocycles. The molecule has 1 N–H and O–H groups in total. The number of tetrazole rings is 2. The van der Waals surface area contributed by atoms with Crippen molar-refractivity contribution < 1.29 is 4.74 Å². The Morgan fingerprint density at radius 1 is 1.00 bits per heavy atom. The topological polar surface area (TPSA) is 108 Å². The van der Waals surface area contributed by atoms with E-state index in [1.165, 1.54) is 0 Å². The minimum atomic E-state index is 0.315. The van der Waals surface area contributed by atoms with Crippen molar-refractivity contribution in [2.45, 2.75) is 11.7 Å². The van der Waals surface area contributed by atoms with E-state index >= 15 is 0 Å². The molecular weight excluding hydrogens is 390 g/mol. The monoisotopic (exact) mass is 409 g/mol. The third kappa shape index (κ3) is 4.95. The van der Waals surface area contributed by atoms with Gasteiger partial charge in [-0.1, -0.05) is 47.2 Å². The molecule has 29 heavy (non-hydrogen) atoms. The van der Waals surface area contributed by atoms with E-state index in [9.17, 15) is 0 Å². The molecule has 4 rings (SSSR count). The fourth-order valence-electron chi connectivity index (χ4n) is 2.59. The molecule has 0 aliphatic rings. The summed E-state index contributed by atoms with van der Waals surface area (Å²) in [6.45, 7) is 1.55. The largest absolute Gasteiger partial charge is 0.423 e. The lowest BCUT2D eigenvalue weighted by Gasteiger charge is -2.08. The highest BCUT2D eigenvalue weighted by Gasteiger charge is 2.10. The zero-order valence-electron chi connectivity index (χ0n) is 15.7. The van der Waals surface area contributed by atoms with Crippen LogP contribution in [-0.4, -0.2) is 52.7 Å². The van der Waals surface area contributed by atoms with E-state index in [0.29, 0.717) is 11.8 Å². The molecule has 0 atom stereocenters. The molecule has 0 aliphatic carbocycles. The number of nitrogens with zero attached hydrogens (tertiary/aromatic N) is 8. The van der Waals surface area contributed by atoms with Crippen LogP contribution in [0.25, 0.3) is 5.69 Å². The van der Waals surface area contributed by atoms with Crippen molar-refractivity contribution in [2.24, 2.45) is 7.05 Å². The maximum atomic E-state index is 5.90. The third-order valence-corrected chi connectivity index (χ3v) is 4.98. The smallest absolute Gasteiger partial charge is 0.345 e. The van der Waals surface area contributed by atoms with Gasteiger partial charge in [0.2, 0.25) is 5.16 Å². The molecule has 148 valence electrons. The second kappa shape index (κ2) is 9.26. The van der Waals surface area contributed by atoms with Crippen LogP contribution in [0.1, 0.15) is 5.56 Å². The normalized spacial score (nSPS) is 10.9. The van der Waals surface area contributed by atoms with E-state index in [0.717, 1.165) is 35.2 Å². The molecule has 0 aliphatic heterocycles. The van der Waals surface area contributed by atoms with Crippen LogP contribution in [0, 0.1) is 0 Å². The molecule has 0 unspecified atom stereocenters. The molecule has 2 aromatic heterocycles. The summed E-state index contributed by atoms with van der Waals surface area (Å²) in [5.41, 5.74) is 1.94. The Kier molecular flexibility index (Phi) is 6.07. The number of aryl methyl sites for hydroxylation is 1. The first kappa shape index (κ1) is 19.0. The summed E-state index contributed by atoms with van der Waals surface area (Å²) in [5, 5.41) is 27.3. The fourth-order valence-corrected chi connectivity index (χ4v) is 3.34. The van der Waals surface area contributed by atoms with Gasteiger partial charge in [0, 0.05) is 25.9 Å². The van der Waals surface area contributed by atoms with Crippen molar-refractivity contribution in [1.29, 1.82) is 0 Å². The zero-order valence-corrected chi connectivity index (χ0v) is 16.5. The predicted octanol–water partition coefficient (Wildman–Crippen LogP) is 1.86. The van der Waals surface area contributed by atoms with Crippen LogP contribution in [0.15, 0.2) is 59.8 Å². The fraction of sp³-hybridized carbons (Fsp3) is 0.222. The van der Waals surface area contributed by atoms with E-state index in [1.54, 1.807) is 21.1 Å². The Balaban J connectivity index is 1.31. The minimum absolute atomic E-state index is 0.315. The maximum Gasteiger partial charge on any atom is 0.345 e. The highest BCUT2D eigenvalue weighted by atomic mass is 32.2. The van der Waals surface area contributed by atoms with E-state index < -0.39 is 0 Å². The first-order chi connectivity index (χ1) is 14.3. The van der Waals surface area contributed by atoms with Crippen LogP contribution >= 0.6 is 11.8 Å². The van der Waals surface area contributed by atoms with Crippen LogP contribution in [0.5, 0.6) is 11.8 Å². The highest BCUT2D eigenvalue weighted by molar-refractivity contribution is 7.99. The van der Waals surface area contributed by atoms with Gasteiger partial charge < -0.3 is 10.1 Å². The molecule has 0 radical (unpaired) electrons. The van der Waals surface area contributed by atoms with Gasteiger partial charge in [-0.25, -0.2) is 4.68 Å². The van der Waals surface area contributed by atoms with E-state index in [2.05, 4.69) is 36.4 Å². The van der Waals surface area contributed by atoms with Crippen molar-refractivity contribution >= 4 is 11.8 Å². The molecular formula is C18H19N9OS. The molecule has 0 amide bonds. The standard InChI is InChI=1S/C18H19N9OS/c1-26-18(21-23-24-26)29-11-10-19-13-14-6-5-9-16(12-14)28-17-20-22-25-27(17)15-7-3-2-4-8-15/h2-9,12,19H,10-11,13H2,1H3. The van der Waals surface area contributed by atoms with Crippen LogP contribution in [0.3, 0.4) is 0 Å². The molecule has 0 fully saturated rings. The van der Waals surface area contributed by atoms with E-state index in [4.69, 9.17) is 4.74 Å². The number of benzene rings is 2. The van der Waals surface area contributed by atoms with Gasteiger partial charge in [-0.3, -0.25) is 0 Å². The molecule has 4 aromatic rings. The Bertz CT molecular complexity index is 1050.